The van der Waals surface area contributed by atoms with Gasteiger partial charge in [-0.15, -0.1) is 11.3 Å². The third-order valence-electron chi connectivity index (χ3n) is 6.81. The number of hydrogen-bond acceptors (Lipinski definition) is 3. The fourth-order valence-electron chi connectivity index (χ4n) is 5.28. The minimum Gasteiger partial charge on any atom is -0.292 e. The van der Waals surface area contributed by atoms with Gasteiger partial charge in [-0.25, -0.2) is 9.37 Å². The summed E-state index contributed by atoms with van der Waals surface area (Å²) in [5, 5.41) is 2.37. The van der Waals surface area contributed by atoms with Gasteiger partial charge < -0.3 is 0 Å². The molecule has 3 nitrogen and oxygen atoms in total. The summed E-state index contributed by atoms with van der Waals surface area (Å²) >= 11 is 1.78. The highest BCUT2D eigenvalue weighted by molar-refractivity contribution is 7.26. The van der Waals surface area contributed by atoms with Crippen LogP contribution in [0.5, 0.6) is 0 Å². The van der Waals surface area contributed by atoms with Crippen molar-refractivity contribution in [3.05, 3.63) is 114 Å². The number of halogens is 1. The lowest BCUT2D eigenvalue weighted by molar-refractivity contribution is 0.628. The summed E-state index contributed by atoms with van der Waals surface area (Å²) in [5.74, 6) is 0.664. The number of hydrogen-bond donors (Lipinski definition) is 0. The van der Waals surface area contributed by atoms with Crippen molar-refractivity contribution >= 4 is 42.5 Å². The first-order valence-corrected chi connectivity index (χ1v) is 13.0. The molecular weight excluding hydrogens is 477 g/mol. The molecule has 3 heterocycles. The van der Waals surface area contributed by atoms with Crippen LogP contribution in [0.2, 0.25) is 0 Å². The molecule has 0 radical (unpaired) electrons. The van der Waals surface area contributed by atoms with E-state index in [1.165, 1.54) is 32.3 Å². The predicted molar refractivity (Wildman–Crippen MR) is 152 cm³/mol. The van der Waals surface area contributed by atoms with E-state index in [-0.39, 0.29) is 5.82 Å². The summed E-state index contributed by atoms with van der Waals surface area (Å²) in [6.07, 6.45) is 0. The third-order valence-corrected chi connectivity index (χ3v) is 8.01. The molecule has 3 aromatic heterocycles. The highest BCUT2D eigenvalue weighted by Gasteiger charge is 2.21. The number of thiophene rings is 1. The highest BCUT2D eigenvalue weighted by atomic mass is 32.1. The Labute approximate surface area is 217 Å². The SMILES string of the molecule is Cc1cc(-n2c(-c3ccc(-c4ccc(F)cc4)c4c3sc3ccccc34)nc3ccccc32)cc(C)n1. The Hall–Kier alpha value is -4.35. The molecule has 37 heavy (non-hydrogen) atoms. The Morgan fingerprint density at radius 3 is 2.24 bits per heavy atom. The van der Waals surface area contributed by atoms with E-state index in [0.717, 1.165) is 50.6 Å². The van der Waals surface area contributed by atoms with Gasteiger partial charge in [0.1, 0.15) is 11.6 Å². The van der Waals surface area contributed by atoms with Crippen LogP contribution in [0.15, 0.2) is 97.1 Å². The number of benzene rings is 4. The molecule has 0 saturated heterocycles. The van der Waals surface area contributed by atoms with Crippen LogP contribution >= 0.6 is 11.3 Å². The lowest BCUT2D eigenvalue weighted by atomic mass is 9.97. The Morgan fingerprint density at radius 2 is 1.43 bits per heavy atom. The average Bonchev–Trinajstić information content (AvgIpc) is 3.47. The maximum Gasteiger partial charge on any atom is 0.147 e. The van der Waals surface area contributed by atoms with Crippen LogP contribution < -0.4 is 0 Å². The van der Waals surface area contributed by atoms with Crippen molar-refractivity contribution in [1.29, 1.82) is 0 Å². The number of aromatic nitrogens is 3. The van der Waals surface area contributed by atoms with Gasteiger partial charge in [0.25, 0.3) is 0 Å². The molecule has 0 aliphatic rings. The predicted octanol–water partition coefficient (Wildman–Crippen LogP) is 8.88. The van der Waals surface area contributed by atoms with E-state index in [0.29, 0.717) is 0 Å². The maximum atomic E-state index is 13.7. The molecule has 0 amide bonds. The van der Waals surface area contributed by atoms with Crippen LogP contribution in [-0.4, -0.2) is 14.5 Å². The molecule has 5 heteroatoms. The van der Waals surface area contributed by atoms with Gasteiger partial charge in [-0.05, 0) is 73.5 Å². The zero-order valence-corrected chi connectivity index (χ0v) is 21.2. The molecule has 0 atom stereocenters. The van der Waals surface area contributed by atoms with Crippen LogP contribution in [0, 0.1) is 19.7 Å². The van der Waals surface area contributed by atoms with Gasteiger partial charge in [0.2, 0.25) is 0 Å². The van der Waals surface area contributed by atoms with Crippen molar-refractivity contribution in [2.75, 3.05) is 0 Å². The number of imidazole rings is 1. The summed E-state index contributed by atoms with van der Waals surface area (Å²) < 4.78 is 18.4. The molecule has 178 valence electrons. The van der Waals surface area contributed by atoms with Crippen LogP contribution in [0.4, 0.5) is 4.39 Å². The lowest BCUT2D eigenvalue weighted by Gasteiger charge is -2.13. The first-order valence-electron chi connectivity index (χ1n) is 12.2. The van der Waals surface area contributed by atoms with E-state index in [1.54, 1.807) is 11.3 Å². The van der Waals surface area contributed by atoms with Crippen LogP contribution in [0.25, 0.3) is 59.4 Å². The Kier molecular flexibility index (Phi) is 4.94. The van der Waals surface area contributed by atoms with E-state index < -0.39 is 0 Å². The molecule has 7 rings (SSSR count). The minimum absolute atomic E-state index is 0.233. The van der Waals surface area contributed by atoms with Gasteiger partial charge in [-0.1, -0.05) is 48.5 Å². The summed E-state index contributed by atoms with van der Waals surface area (Å²) in [6, 6.07) is 32.0. The van der Waals surface area contributed by atoms with Gasteiger partial charge in [-0.2, -0.15) is 0 Å². The molecule has 0 aliphatic heterocycles. The van der Waals surface area contributed by atoms with E-state index >= 15 is 0 Å². The summed E-state index contributed by atoms with van der Waals surface area (Å²) in [5.41, 5.74) is 8.15. The van der Waals surface area contributed by atoms with Crippen LogP contribution in [0.3, 0.4) is 0 Å². The smallest absolute Gasteiger partial charge is 0.147 e. The normalized spacial score (nSPS) is 11.6. The van der Waals surface area contributed by atoms with Gasteiger partial charge >= 0.3 is 0 Å². The van der Waals surface area contributed by atoms with Crippen molar-refractivity contribution < 1.29 is 4.39 Å². The van der Waals surface area contributed by atoms with Crippen molar-refractivity contribution in [3.8, 4) is 28.2 Å². The van der Waals surface area contributed by atoms with E-state index in [9.17, 15) is 4.39 Å². The first-order chi connectivity index (χ1) is 18.1. The van der Waals surface area contributed by atoms with Crippen molar-refractivity contribution in [3.63, 3.8) is 0 Å². The van der Waals surface area contributed by atoms with E-state index in [1.807, 2.05) is 32.0 Å². The second-order valence-electron chi connectivity index (χ2n) is 9.34. The van der Waals surface area contributed by atoms with Crippen molar-refractivity contribution in [2.45, 2.75) is 13.8 Å². The largest absolute Gasteiger partial charge is 0.292 e. The van der Waals surface area contributed by atoms with E-state index in [2.05, 4.69) is 76.3 Å². The number of aryl methyl sites for hydroxylation is 2. The lowest BCUT2D eigenvalue weighted by Crippen LogP contribution is -2.00. The Balaban J connectivity index is 1.59. The fraction of sp³-hybridized carbons (Fsp3) is 0.0625. The zero-order chi connectivity index (χ0) is 25.1. The number of pyridine rings is 1. The summed E-state index contributed by atoms with van der Waals surface area (Å²) in [6.45, 7) is 4.05. The zero-order valence-electron chi connectivity index (χ0n) is 20.4. The number of rotatable bonds is 3. The molecule has 0 spiro atoms. The first kappa shape index (κ1) is 21.9. The molecule has 0 N–H and O–H groups in total. The topological polar surface area (TPSA) is 30.7 Å². The minimum atomic E-state index is -0.233. The molecular formula is C32H22FN3S. The second-order valence-corrected chi connectivity index (χ2v) is 10.4. The Bertz CT molecular complexity index is 1940. The van der Waals surface area contributed by atoms with E-state index in [4.69, 9.17) is 4.98 Å². The standard InChI is InChI=1S/C32H22FN3S/c1-19-17-23(18-20(2)34-19)36-28-9-5-4-8-27(28)35-32(36)26-16-15-24(21-11-13-22(33)14-12-21)30-25-7-3-6-10-29(25)37-31(26)30/h3-18H,1-2H3. The molecule has 0 fully saturated rings. The summed E-state index contributed by atoms with van der Waals surface area (Å²) in [7, 11) is 0. The number of nitrogens with zero attached hydrogens (tertiary/aromatic N) is 3. The monoisotopic (exact) mass is 499 g/mol. The molecule has 0 saturated carbocycles. The number of para-hydroxylation sites is 2. The maximum absolute atomic E-state index is 13.7. The van der Waals surface area contributed by atoms with Gasteiger partial charge in [0.05, 0.1) is 16.7 Å². The molecule has 0 bridgehead atoms. The van der Waals surface area contributed by atoms with Crippen molar-refractivity contribution in [1.82, 2.24) is 14.5 Å². The molecule has 4 aromatic carbocycles. The quantitative estimate of drug-likeness (QED) is 0.243. The van der Waals surface area contributed by atoms with Gasteiger partial charge in [-0.3, -0.25) is 9.55 Å². The molecule has 0 unspecified atom stereocenters. The van der Waals surface area contributed by atoms with Crippen LogP contribution in [0.1, 0.15) is 11.4 Å². The van der Waals surface area contributed by atoms with Crippen LogP contribution in [-0.2, 0) is 0 Å². The molecule has 0 aliphatic carbocycles. The van der Waals surface area contributed by atoms with Gasteiger partial charge in [0.15, 0.2) is 0 Å². The molecule has 7 aromatic rings. The van der Waals surface area contributed by atoms with Gasteiger partial charge in [0, 0.05) is 37.1 Å². The average molecular weight is 500 g/mol. The van der Waals surface area contributed by atoms with Crippen molar-refractivity contribution in [2.24, 2.45) is 0 Å². The second kappa shape index (κ2) is 8.36. The fourth-order valence-corrected chi connectivity index (χ4v) is 6.52. The third kappa shape index (κ3) is 3.54. The Morgan fingerprint density at radius 1 is 0.730 bits per heavy atom. The summed E-state index contributed by atoms with van der Waals surface area (Å²) in [4.78, 5) is 9.75. The number of fused-ring (bicyclic) bond motifs is 4. The highest BCUT2D eigenvalue weighted by Crippen LogP contribution is 2.45.